The fraction of sp³-hybridized carbons (Fsp3) is 0.111. The van der Waals surface area contributed by atoms with Gasteiger partial charge in [-0.1, -0.05) is 0 Å². The summed E-state index contributed by atoms with van der Waals surface area (Å²) in [5, 5.41) is 8.73. The summed E-state index contributed by atoms with van der Waals surface area (Å²) >= 11 is 2.87. The van der Waals surface area contributed by atoms with Gasteiger partial charge in [0.2, 0.25) is 15.8 Å². The molecule has 2 rings (SSSR count). The number of furan rings is 1. The monoisotopic (exact) mass is 349 g/mol. The highest BCUT2D eigenvalue weighted by molar-refractivity contribution is 9.10. The highest BCUT2D eigenvalue weighted by Crippen LogP contribution is 2.26. The van der Waals surface area contributed by atoms with Crippen molar-refractivity contribution in [2.75, 3.05) is 0 Å². The predicted octanol–water partition coefficient (Wildman–Crippen LogP) is 0.942. The Hall–Kier alpha value is -1.65. The molecular formula is C9H8BrN3O5S. The van der Waals surface area contributed by atoms with Gasteiger partial charge in [-0.2, -0.15) is 0 Å². The SMILES string of the molecule is O=C(O)c1cc(S(=O)(=O)NCc2cnc[nH]2)c(Br)o1. The molecule has 0 unspecified atom stereocenters. The number of nitrogens with zero attached hydrogens (tertiary/aromatic N) is 1. The molecule has 3 N–H and O–H groups in total. The lowest BCUT2D eigenvalue weighted by molar-refractivity contribution is 0.0661. The third-order valence-corrected chi connectivity index (χ3v) is 4.42. The number of aromatic amines is 1. The third kappa shape index (κ3) is 3.03. The largest absolute Gasteiger partial charge is 0.475 e. The number of halogens is 1. The lowest BCUT2D eigenvalue weighted by Crippen LogP contribution is -2.23. The second-order valence-electron chi connectivity index (χ2n) is 3.46. The van der Waals surface area contributed by atoms with Gasteiger partial charge in [-0.05, 0) is 15.9 Å². The highest BCUT2D eigenvalue weighted by atomic mass is 79.9. The standard InChI is InChI=1S/C9H8BrN3O5S/c10-8-7(1-6(18-8)9(14)15)19(16,17)13-3-5-2-11-4-12-5/h1-2,4,13H,3H2,(H,11,12)(H,14,15). The van der Waals surface area contributed by atoms with Gasteiger partial charge in [0, 0.05) is 18.0 Å². The summed E-state index contributed by atoms with van der Waals surface area (Å²) < 4.78 is 30.8. The average molecular weight is 350 g/mol. The molecule has 2 aromatic heterocycles. The van der Waals surface area contributed by atoms with E-state index in [0.717, 1.165) is 6.07 Å². The number of hydrogen-bond acceptors (Lipinski definition) is 5. The molecule has 0 aliphatic rings. The number of carbonyl (C=O) groups is 1. The molecule has 10 heteroatoms. The second kappa shape index (κ2) is 5.15. The topological polar surface area (TPSA) is 125 Å². The summed E-state index contributed by atoms with van der Waals surface area (Å²) in [6.07, 6.45) is 2.88. The van der Waals surface area contributed by atoms with E-state index in [9.17, 15) is 13.2 Å². The van der Waals surface area contributed by atoms with Gasteiger partial charge >= 0.3 is 5.97 Å². The lowest BCUT2D eigenvalue weighted by Gasteiger charge is -2.03. The van der Waals surface area contributed by atoms with Gasteiger partial charge in [0.1, 0.15) is 4.90 Å². The van der Waals surface area contributed by atoms with Gasteiger partial charge in [-0.15, -0.1) is 0 Å². The molecule has 0 spiro atoms. The van der Waals surface area contributed by atoms with Gasteiger partial charge in [0.15, 0.2) is 4.67 Å². The number of rotatable bonds is 5. The lowest BCUT2D eigenvalue weighted by atomic mass is 10.5. The number of H-pyrrole nitrogens is 1. The van der Waals surface area contributed by atoms with E-state index in [1.165, 1.54) is 12.5 Å². The summed E-state index contributed by atoms with van der Waals surface area (Å²) in [6, 6.07) is 0.932. The minimum atomic E-state index is -3.88. The molecule has 2 aromatic rings. The van der Waals surface area contributed by atoms with Gasteiger partial charge < -0.3 is 14.5 Å². The Balaban J connectivity index is 2.22. The molecular weight excluding hydrogens is 342 g/mol. The maximum atomic E-state index is 12.0. The van der Waals surface area contributed by atoms with E-state index < -0.39 is 21.8 Å². The van der Waals surface area contributed by atoms with Crippen LogP contribution < -0.4 is 4.72 Å². The summed E-state index contributed by atoms with van der Waals surface area (Å²) in [5.41, 5.74) is 0.571. The van der Waals surface area contributed by atoms with E-state index in [1.807, 2.05) is 0 Å². The molecule has 19 heavy (non-hydrogen) atoms. The van der Waals surface area contributed by atoms with Gasteiger partial charge in [-0.25, -0.2) is 22.9 Å². The van der Waals surface area contributed by atoms with Crippen LogP contribution in [0.3, 0.4) is 0 Å². The van der Waals surface area contributed by atoms with Gasteiger partial charge in [-0.3, -0.25) is 0 Å². The Morgan fingerprint density at radius 2 is 2.32 bits per heavy atom. The highest BCUT2D eigenvalue weighted by Gasteiger charge is 2.24. The van der Waals surface area contributed by atoms with Crippen LogP contribution in [0.5, 0.6) is 0 Å². The van der Waals surface area contributed by atoms with Crippen molar-refractivity contribution in [1.29, 1.82) is 0 Å². The summed E-state index contributed by atoms with van der Waals surface area (Å²) in [4.78, 5) is 16.9. The van der Waals surface area contributed by atoms with Gasteiger partial charge in [0.25, 0.3) is 0 Å². The Kier molecular flexibility index (Phi) is 3.73. The third-order valence-electron chi connectivity index (χ3n) is 2.16. The molecule has 0 saturated carbocycles. The number of nitrogens with one attached hydrogen (secondary N) is 2. The number of carboxylic acids is 1. The quantitative estimate of drug-likeness (QED) is 0.737. The van der Waals surface area contributed by atoms with Crippen molar-refractivity contribution in [3.05, 3.63) is 34.7 Å². The number of imidazole rings is 1. The zero-order valence-corrected chi connectivity index (χ0v) is 11.7. The van der Waals surface area contributed by atoms with Crippen LogP contribution in [0.4, 0.5) is 0 Å². The summed E-state index contributed by atoms with van der Waals surface area (Å²) in [6.45, 7) is 0.00234. The van der Waals surface area contributed by atoms with E-state index >= 15 is 0 Å². The molecule has 0 aromatic carbocycles. The number of carboxylic acid groups (broad SMARTS) is 1. The summed E-state index contributed by atoms with van der Waals surface area (Å²) in [7, 11) is -3.88. The average Bonchev–Trinajstić information content (AvgIpc) is 2.95. The van der Waals surface area contributed by atoms with E-state index in [2.05, 4.69) is 30.6 Å². The molecule has 0 radical (unpaired) electrons. The van der Waals surface area contributed by atoms with Crippen LogP contribution in [-0.4, -0.2) is 29.5 Å². The van der Waals surface area contributed by atoms with Crippen molar-refractivity contribution in [3.63, 3.8) is 0 Å². The van der Waals surface area contributed by atoms with Crippen molar-refractivity contribution in [2.24, 2.45) is 0 Å². The van der Waals surface area contributed by atoms with Crippen LogP contribution in [-0.2, 0) is 16.6 Å². The Bertz CT molecular complexity index is 692. The van der Waals surface area contributed by atoms with Crippen molar-refractivity contribution in [1.82, 2.24) is 14.7 Å². The maximum Gasteiger partial charge on any atom is 0.371 e. The fourth-order valence-corrected chi connectivity index (χ4v) is 3.22. The van der Waals surface area contributed by atoms with Crippen LogP contribution in [0.25, 0.3) is 0 Å². The van der Waals surface area contributed by atoms with E-state index in [-0.39, 0.29) is 16.1 Å². The van der Waals surface area contributed by atoms with Crippen molar-refractivity contribution >= 4 is 31.9 Å². The summed E-state index contributed by atoms with van der Waals surface area (Å²) in [5.74, 6) is -1.82. The zero-order chi connectivity index (χ0) is 14.0. The number of aromatic carboxylic acids is 1. The number of hydrogen-bond donors (Lipinski definition) is 3. The molecule has 0 aliphatic carbocycles. The molecule has 0 amide bonds. The molecule has 2 heterocycles. The van der Waals surface area contributed by atoms with Crippen LogP contribution in [0, 0.1) is 0 Å². The first-order valence-electron chi connectivity index (χ1n) is 4.89. The fourth-order valence-electron chi connectivity index (χ4n) is 1.27. The van der Waals surface area contributed by atoms with Crippen molar-refractivity contribution in [2.45, 2.75) is 11.4 Å². The Morgan fingerprint density at radius 1 is 1.58 bits per heavy atom. The first-order chi connectivity index (χ1) is 8.90. The van der Waals surface area contributed by atoms with E-state index in [1.54, 1.807) is 0 Å². The minimum Gasteiger partial charge on any atom is -0.475 e. The minimum absolute atomic E-state index is 0.00234. The van der Waals surface area contributed by atoms with Crippen LogP contribution in [0.2, 0.25) is 0 Å². The normalized spacial score (nSPS) is 11.6. The van der Waals surface area contributed by atoms with Crippen molar-refractivity contribution < 1.29 is 22.7 Å². The predicted molar refractivity (Wildman–Crippen MR) is 66.0 cm³/mol. The van der Waals surface area contributed by atoms with Crippen LogP contribution in [0.1, 0.15) is 16.2 Å². The zero-order valence-electron chi connectivity index (χ0n) is 9.25. The maximum absolute atomic E-state index is 12.0. The molecule has 0 saturated heterocycles. The second-order valence-corrected chi connectivity index (χ2v) is 5.91. The smallest absolute Gasteiger partial charge is 0.371 e. The van der Waals surface area contributed by atoms with Crippen LogP contribution in [0.15, 0.2) is 32.6 Å². The van der Waals surface area contributed by atoms with E-state index in [0.29, 0.717) is 5.69 Å². The Morgan fingerprint density at radius 3 is 2.84 bits per heavy atom. The van der Waals surface area contributed by atoms with Crippen LogP contribution >= 0.6 is 15.9 Å². The molecule has 102 valence electrons. The van der Waals surface area contributed by atoms with Crippen molar-refractivity contribution in [3.8, 4) is 0 Å². The molecule has 0 fully saturated rings. The number of aromatic nitrogens is 2. The van der Waals surface area contributed by atoms with E-state index in [4.69, 9.17) is 9.52 Å². The number of sulfonamides is 1. The Labute approximate surface area is 116 Å². The first kappa shape index (κ1) is 13.8. The molecule has 0 atom stereocenters. The van der Waals surface area contributed by atoms with Gasteiger partial charge in [0.05, 0.1) is 12.9 Å². The molecule has 0 bridgehead atoms. The molecule has 8 nitrogen and oxygen atoms in total. The first-order valence-corrected chi connectivity index (χ1v) is 7.17. The molecule has 0 aliphatic heterocycles.